The van der Waals surface area contributed by atoms with Gasteiger partial charge in [0.25, 0.3) is 0 Å². The lowest BCUT2D eigenvalue weighted by Gasteiger charge is -2.23. The molecular weight excluding hydrogens is 252 g/mol. The maximum atomic E-state index is 12.3. The number of rotatable bonds is 6. The fourth-order valence-corrected chi connectivity index (χ4v) is 2.85. The molecule has 0 aliphatic rings. The Kier molecular flexibility index (Phi) is 5.13. The van der Waals surface area contributed by atoms with Crippen LogP contribution in [0.1, 0.15) is 13.8 Å². The molecule has 1 aromatic carbocycles. The van der Waals surface area contributed by atoms with Crippen molar-refractivity contribution in [3.63, 3.8) is 0 Å². The summed E-state index contributed by atoms with van der Waals surface area (Å²) in [6, 6.07) is 6.23. The first-order valence-corrected chi connectivity index (χ1v) is 7.28. The largest absolute Gasteiger partial charge is 0.494 e. The van der Waals surface area contributed by atoms with Gasteiger partial charge in [0, 0.05) is 25.7 Å². The normalized spacial score (nSPS) is 13.6. The number of nitrogens with two attached hydrogens (primary N) is 1. The smallest absolute Gasteiger partial charge is 0.243 e. The molecule has 0 radical (unpaired) electrons. The summed E-state index contributed by atoms with van der Waals surface area (Å²) >= 11 is 0. The molecule has 0 aliphatic heterocycles. The van der Waals surface area contributed by atoms with E-state index in [2.05, 4.69) is 0 Å². The zero-order chi connectivity index (χ0) is 13.8. The number of nitrogens with zero attached hydrogens (tertiary/aromatic N) is 1. The molecule has 5 nitrogen and oxygen atoms in total. The van der Waals surface area contributed by atoms with Gasteiger partial charge in [-0.05, 0) is 26.0 Å². The molecule has 0 fully saturated rings. The number of hydrogen-bond acceptors (Lipinski definition) is 4. The van der Waals surface area contributed by atoms with Crippen molar-refractivity contribution in [2.75, 3.05) is 20.2 Å². The zero-order valence-electron chi connectivity index (χ0n) is 11.0. The van der Waals surface area contributed by atoms with E-state index in [1.165, 1.54) is 17.4 Å². The van der Waals surface area contributed by atoms with E-state index in [1.54, 1.807) is 25.1 Å². The topological polar surface area (TPSA) is 72.6 Å². The van der Waals surface area contributed by atoms with Gasteiger partial charge in [-0.25, -0.2) is 8.42 Å². The van der Waals surface area contributed by atoms with Gasteiger partial charge in [-0.15, -0.1) is 0 Å². The summed E-state index contributed by atoms with van der Waals surface area (Å²) in [5, 5.41) is 0. The Hall–Kier alpha value is -1.11. The van der Waals surface area contributed by atoms with Crippen molar-refractivity contribution in [2.24, 2.45) is 5.73 Å². The Balaban J connectivity index is 3.08. The highest BCUT2D eigenvalue weighted by Crippen LogP contribution is 2.21. The predicted octanol–water partition coefficient (Wildman–Crippen LogP) is 1.05. The second-order valence-electron chi connectivity index (χ2n) is 4.01. The quantitative estimate of drug-likeness (QED) is 0.840. The van der Waals surface area contributed by atoms with Gasteiger partial charge in [-0.2, -0.15) is 4.31 Å². The third-order valence-corrected chi connectivity index (χ3v) is 4.72. The minimum atomic E-state index is -3.52. The Bertz CT molecular complexity index is 488. The van der Waals surface area contributed by atoms with Crippen LogP contribution in [0.3, 0.4) is 0 Å². The molecule has 0 spiro atoms. The first-order valence-electron chi connectivity index (χ1n) is 5.84. The van der Waals surface area contributed by atoms with Gasteiger partial charge in [0.05, 0.1) is 11.5 Å². The molecule has 18 heavy (non-hydrogen) atoms. The minimum absolute atomic E-state index is 0.219. The monoisotopic (exact) mass is 272 g/mol. The summed E-state index contributed by atoms with van der Waals surface area (Å²) < 4.78 is 31.2. The van der Waals surface area contributed by atoms with E-state index in [1.807, 2.05) is 6.92 Å². The molecule has 1 unspecified atom stereocenters. The highest BCUT2D eigenvalue weighted by molar-refractivity contribution is 7.89. The minimum Gasteiger partial charge on any atom is -0.494 e. The molecule has 0 saturated heterocycles. The SMILES string of the molecule is CCOc1cccc(S(=O)(=O)N(C)C(C)CN)c1. The molecule has 0 bridgehead atoms. The summed E-state index contributed by atoms with van der Waals surface area (Å²) in [6.07, 6.45) is 0. The molecule has 0 amide bonds. The van der Waals surface area contributed by atoms with Crippen LogP contribution in [0.25, 0.3) is 0 Å². The van der Waals surface area contributed by atoms with E-state index >= 15 is 0 Å². The highest BCUT2D eigenvalue weighted by atomic mass is 32.2. The van der Waals surface area contributed by atoms with E-state index in [0.29, 0.717) is 12.4 Å². The highest BCUT2D eigenvalue weighted by Gasteiger charge is 2.24. The van der Waals surface area contributed by atoms with Crippen molar-refractivity contribution in [1.82, 2.24) is 4.31 Å². The number of ether oxygens (including phenoxy) is 1. The van der Waals surface area contributed by atoms with Gasteiger partial charge < -0.3 is 10.5 Å². The van der Waals surface area contributed by atoms with Crippen molar-refractivity contribution in [2.45, 2.75) is 24.8 Å². The lowest BCUT2D eigenvalue weighted by Crippen LogP contribution is -2.39. The lowest BCUT2D eigenvalue weighted by molar-refractivity contribution is 0.339. The second kappa shape index (κ2) is 6.17. The molecule has 2 N–H and O–H groups in total. The first-order chi connectivity index (χ1) is 8.43. The van der Waals surface area contributed by atoms with Gasteiger partial charge in [0.1, 0.15) is 5.75 Å². The van der Waals surface area contributed by atoms with Crippen molar-refractivity contribution in [1.29, 1.82) is 0 Å². The molecule has 1 atom stereocenters. The Labute approximate surface area is 109 Å². The molecular formula is C12H20N2O3S. The zero-order valence-corrected chi connectivity index (χ0v) is 11.8. The van der Waals surface area contributed by atoms with Gasteiger partial charge >= 0.3 is 0 Å². The van der Waals surface area contributed by atoms with E-state index in [4.69, 9.17) is 10.5 Å². The van der Waals surface area contributed by atoms with Crippen LogP contribution in [-0.2, 0) is 10.0 Å². The molecule has 0 aliphatic carbocycles. The van der Waals surface area contributed by atoms with Crippen LogP contribution in [0.15, 0.2) is 29.2 Å². The number of sulfonamides is 1. The number of benzene rings is 1. The van der Waals surface area contributed by atoms with Gasteiger partial charge in [0.2, 0.25) is 10.0 Å². The Morgan fingerprint density at radius 3 is 2.67 bits per heavy atom. The summed E-state index contributed by atoms with van der Waals surface area (Å²) in [4.78, 5) is 0.219. The van der Waals surface area contributed by atoms with Crippen LogP contribution in [0.5, 0.6) is 5.75 Å². The molecule has 102 valence electrons. The average molecular weight is 272 g/mol. The van der Waals surface area contributed by atoms with E-state index < -0.39 is 10.0 Å². The predicted molar refractivity (Wildman–Crippen MR) is 71.1 cm³/mol. The van der Waals surface area contributed by atoms with Crippen molar-refractivity contribution >= 4 is 10.0 Å². The third kappa shape index (κ3) is 3.22. The van der Waals surface area contributed by atoms with Crippen molar-refractivity contribution < 1.29 is 13.2 Å². The van der Waals surface area contributed by atoms with Crippen molar-refractivity contribution in [3.05, 3.63) is 24.3 Å². The molecule has 0 heterocycles. The second-order valence-corrected chi connectivity index (χ2v) is 6.01. The average Bonchev–Trinajstić information content (AvgIpc) is 2.37. The Morgan fingerprint density at radius 1 is 1.44 bits per heavy atom. The molecule has 1 aromatic rings. The van der Waals surface area contributed by atoms with Crippen molar-refractivity contribution in [3.8, 4) is 5.75 Å². The van der Waals surface area contributed by atoms with E-state index in [0.717, 1.165) is 0 Å². The number of hydrogen-bond donors (Lipinski definition) is 1. The van der Waals surface area contributed by atoms with Gasteiger partial charge in [-0.1, -0.05) is 6.07 Å². The Morgan fingerprint density at radius 2 is 2.11 bits per heavy atom. The van der Waals surface area contributed by atoms with E-state index in [-0.39, 0.29) is 17.5 Å². The fraction of sp³-hybridized carbons (Fsp3) is 0.500. The standard InChI is InChI=1S/C12H20N2O3S/c1-4-17-11-6-5-7-12(8-11)18(15,16)14(3)10(2)9-13/h5-8,10H,4,9,13H2,1-3H3. The molecule has 0 aromatic heterocycles. The summed E-state index contributed by atoms with van der Waals surface area (Å²) in [7, 11) is -1.99. The first kappa shape index (κ1) is 14.9. The van der Waals surface area contributed by atoms with Crippen LogP contribution in [0, 0.1) is 0 Å². The van der Waals surface area contributed by atoms with Gasteiger partial charge in [-0.3, -0.25) is 0 Å². The maximum Gasteiger partial charge on any atom is 0.243 e. The summed E-state index contributed by atoms with van der Waals surface area (Å²) in [5.41, 5.74) is 5.49. The lowest BCUT2D eigenvalue weighted by atomic mass is 10.3. The summed E-state index contributed by atoms with van der Waals surface area (Å²) in [6.45, 7) is 4.40. The fourth-order valence-electron chi connectivity index (χ4n) is 1.44. The number of likely N-dealkylation sites (N-methyl/N-ethyl adjacent to an activating group) is 1. The maximum absolute atomic E-state index is 12.3. The molecule has 1 rings (SSSR count). The van der Waals surface area contributed by atoms with Crippen LogP contribution in [0.2, 0.25) is 0 Å². The molecule has 0 saturated carbocycles. The van der Waals surface area contributed by atoms with Crippen LogP contribution >= 0.6 is 0 Å². The third-order valence-electron chi connectivity index (χ3n) is 2.76. The van der Waals surface area contributed by atoms with Crippen LogP contribution in [0.4, 0.5) is 0 Å². The van der Waals surface area contributed by atoms with Gasteiger partial charge in [0.15, 0.2) is 0 Å². The molecule has 6 heteroatoms. The van der Waals surface area contributed by atoms with Crippen LogP contribution in [-0.4, -0.2) is 39.0 Å². The summed E-state index contributed by atoms with van der Waals surface area (Å²) in [5.74, 6) is 0.548. The van der Waals surface area contributed by atoms with E-state index in [9.17, 15) is 8.42 Å². The van der Waals surface area contributed by atoms with Crippen LogP contribution < -0.4 is 10.5 Å².